The second-order valence-corrected chi connectivity index (χ2v) is 7.22. The molecule has 0 spiro atoms. The molecule has 0 radical (unpaired) electrons. The summed E-state index contributed by atoms with van der Waals surface area (Å²) in [5.41, 5.74) is 2.57. The zero-order valence-corrected chi connectivity index (χ0v) is 16.8. The van der Waals surface area contributed by atoms with Crippen molar-refractivity contribution >= 4 is 27.5 Å². The van der Waals surface area contributed by atoms with Crippen molar-refractivity contribution in [2.24, 2.45) is 0 Å². The summed E-state index contributed by atoms with van der Waals surface area (Å²) in [6, 6.07) is 13.6. The summed E-state index contributed by atoms with van der Waals surface area (Å²) < 4.78 is 8.06. The first kappa shape index (κ1) is 18.4. The van der Waals surface area contributed by atoms with Crippen LogP contribution in [0.5, 0.6) is 0 Å². The number of imidazole rings is 1. The van der Waals surface area contributed by atoms with E-state index in [9.17, 15) is 4.79 Å². The number of aryl methyl sites for hydroxylation is 1. The van der Waals surface area contributed by atoms with Crippen LogP contribution in [0.3, 0.4) is 0 Å². The molecule has 0 saturated heterocycles. The Balaban J connectivity index is 1.40. The Labute approximate surface area is 169 Å². The van der Waals surface area contributed by atoms with Gasteiger partial charge in [0.1, 0.15) is 10.3 Å². The number of pyridine rings is 1. The van der Waals surface area contributed by atoms with E-state index in [1.54, 1.807) is 6.20 Å². The summed E-state index contributed by atoms with van der Waals surface area (Å²) in [7, 11) is 0. The molecule has 142 valence electrons. The molecule has 8 heteroatoms. The lowest BCUT2D eigenvalue weighted by atomic mass is 10.1. The van der Waals surface area contributed by atoms with E-state index in [2.05, 4.69) is 36.4 Å². The van der Waals surface area contributed by atoms with Gasteiger partial charge in [0.25, 0.3) is 0 Å². The van der Waals surface area contributed by atoms with Crippen LogP contribution in [0.25, 0.3) is 17.0 Å². The first-order chi connectivity index (χ1) is 13.6. The van der Waals surface area contributed by atoms with Crippen molar-refractivity contribution in [3.8, 4) is 11.4 Å². The molecule has 28 heavy (non-hydrogen) atoms. The van der Waals surface area contributed by atoms with Gasteiger partial charge in [-0.05, 0) is 40.5 Å². The molecule has 7 nitrogen and oxygen atoms in total. The average molecular weight is 440 g/mol. The molecule has 0 aliphatic carbocycles. The van der Waals surface area contributed by atoms with Gasteiger partial charge in [0.15, 0.2) is 0 Å². The van der Waals surface area contributed by atoms with Crippen molar-refractivity contribution in [2.75, 3.05) is 0 Å². The van der Waals surface area contributed by atoms with Crippen LogP contribution in [-0.4, -0.2) is 25.4 Å². The van der Waals surface area contributed by atoms with Crippen LogP contribution in [-0.2, 0) is 11.2 Å². The van der Waals surface area contributed by atoms with Gasteiger partial charge in [-0.15, -0.1) is 0 Å². The minimum absolute atomic E-state index is 0.0524. The second-order valence-electron chi connectivity index (χ2n) is 6.41. The standard InChI is InChI=1S/C20H18BrN5O2/c1-13(14-6-3-2-4-7-14)23-17(27)9-10-18-24-19(25-28-18)15-8-5-11-26-16(21)12-22-20(15)26/h2-8,11-13H,9-10H2,1H3,(H,23,27)/t13-/m0/s1. The highest BCUT2D eigenvalue weighted by molar-refractivity contribution is 9.10. The number of carbonyl (C=O) groups excluding carboxylic acids is 1. The molecule has 1 amide bonds. The number of fused-ring (bicyclic) bond motifs is 1. The molecule has 3 heterocycles. The third kappa shape index (κ3) is 3.82. The Hall–Kier alpha value is -3.00. The largest absolute Gasteiger partial charge is 0.350 e. The molecule has 1 aromatic carbocycles. The fraction of sp³-hybridized carbons (Fsp3) is 0.200. The molecule has 0 bridgehead atoms. The zero-order chi connectivity index (χ0) is 19.5. The first-order valence-corrected chi connectivity index (χ1v) is 9.70. The Morgan fingerprint density at radius 2 is 2.07 bits per heavy atom. The molecule has 4 rings (SSSR count). The van der Waals surface area contributed by atoms with Gasteiger partial charge < -0.3 is 9.84 Å². The zero-order valence-electron chi connectivity index (χ0n) is 15.2. The molecule has 0 aliphatic rings. The van der Waals surface area contributed by atoms with Crippen molar-refractivity contribution in [2.45, 2.75) is 25.8 Å². The number of rotatable bonds is 6. The number of halogens is 1. The van der Waals surface area contributed by atoms with E-state index in [0.29, 0.717) is 18.1 Å². The lowest BCUT2D eigenvalue weighted by Crippen LogP contribution is -2.26. The molecule has 4 aromatic rings. The van der Waals surface area contributed by atoms with Crippen LogP contribution in [0.15, 0.2) is 64.0 Å². The number of hydrogen-bond acceptors (Lipinski definition) is 5. The van der Waals surface area contributed by atoms with Crippen molar-refractivity contribution in [1.29, 1.82) is 0 Å². The number of benzene rings is 1. The third-order valence-corrected chi connectivity index (χ3v) is 5.03. The molecule has 1 N–H and O–H groups in total. The normalized spacial score (nSPS) is 12.2. The smallest absolute Gasteiger partial charge is 0.227 e. The highest BCUT2D eigenvalue weighted by Gasteiger charge is 2.15. The number of nitrogens with one attached hydrogen (secondary N) is 1. The average Bonchev–Trinajstić information content (AvgIpc) is 3.34. The quantitative estimate of drug-likeness (QED) is 0.491. The fourth-order valence-corrected chi connectivity index (χ4v) is 3.37. The Morgan fingerprint density at radius 1 is 1.25 bits per heavy atom. The Kier molecular flexibility index (Phi) is 5.21. The topological polar surface area (TPSA) is 85.3 Å². The lowest BCUT2D eigenvalue weighted by Gasteiger charge is -2.13. The SMILES string of the molecule is C[C@H](NC(=O)CCc1nc(-c2cccn3c(Br)cnc23)no1)c1ccccc1. The van der Waals surface area contributed by atoms with Gasteiger partial charge in [0.05, 0.1) is 17.8 Å². The summed E-state index contributed by atoms with van der Waals surface area (Å²) in [5.74, 6) is 0.817. The third-order valence-electron chi connectivity index (χ3n) is 4.44. The van der Waals surface area contributed by atoms with Gasteiger partial charge in [-0.1, -0.05) is 35.5 Å². The summed E-state index contributed by atoms with van der Waals surface area (Å²) >= 11 is 3.45. The van der Waals surface area contributed by atoms with E-state index in [-0.39, 0.29) is 18.4 Å². The van der Waals surface area contributed by atoms with Crippen LogP contribution >= 0.6 is 15.9 Å². The van der Waals surface area contributed by atoms with E-state index in [1.807, 2.05) is 60.0 Å². The van der Waals surface area contributed by atoms with Gasteiger partial charge in [-0.3, -0.25) is 9.20 Å². The maximum atomic E-state index is 12.2. The summed E-state index contributed by atoms with van der Waals surface area (Å²) in [6.07, 6.45) is 4.27. The number of nitrogens with zero attached hydrogens (tertiary/aromatic N) is 4. The van der Waals surface area contributed by atoms with Gasteiger partial charge in [0.2, 0.25) is 17.6 Å². The highest BCUT2D eigenvalue weighted by atomic mass is 79.9. The van der Waals surface area contributed by atoms with Crippen molar-refractivity contribution in [1.82, 2.24) is 24.8 Å². The highest BCUT2D eigenvalue weighted by Crippen LogP contribution is 2.24. The summed E-state index contributed by atoms with van der Waals surface area (Å²) in [5, 5.41) is 7.03. The summed E-state index contributed by atoms with van der Waals surface area (Å²) in [6.45, 7) is 1.96. The molecular formula is C20H18BrN5O2. The van der Waals surface area contributed by atoms with E-state index in [1.165, 1.54) is 0 Å². The van der Waals surface area contributed by atoms with Gasteiger partial charge >= 0.3 is 0 Å². The van der Waals surface area contributed by atoms with Crippen LogP contribution < -0.4 is 5.32 Å². The van der Waals surface area contributed by atoms with Crippen molar-refractivity contribution in [3.63, 3.8) is 0 Å². The second kappa shape index (κ2) is 7.93. The molecule has 0 unspecified atom stereocenters. The Morgan fingerprint density at radius 3 is 2.89 bits per heavy atom. The number of carbonyl (C=O) groups is 1. The van der Waals surface area contributed by atoms with Crippen molar-refractivity contribution in [3.05, 3.63) is 70.9 Å². The van der Waals surface area contributed by atoms with Crippen LogP contribution in [0.1, 0.15) is 30.8 Å². The minimum Gasteiger partial charge on any atom is -0.350 e. The van der Waals surface area contributed by atoms with E-state index < -0.39 is 0 Å². The molecule has 0 fully saturated rings. The predicted octanol–water partition coefficient (Wildman–Crippen LogP) is 3.96. The summed E-state index contributed by atoms with van der Waals surface area (Å²) in [4.78, 5) is 21.0. The number of amides is 1. The van der Waals surface area contributed by atoms with E-state index >= 15 is 0 Å². The molecular weight excluding hydrogens is 422 g/mol. The van der Waals surface area contributed by atoms with Gasteiger partial charge in [-0.2, -0.15) is 4.98 Å². The van der Waals surface area contributed by atoms with Crippen LogP contribution in [0.4, 0.5) is 0 Å². The minimum atomic E-state index is -0.0598. The van der Waals surface area contributed by atoms with Crippen LogP contribution in [0, 0.1) is 0 Å². The van der Waals surface area contributed by atoms with Crippen LogP contribution in [0.2, 0.25) is 0 Å². The Bertz CT molecular complexity index is 1110. The van der Waals surface area contributed by atoms with Gasteiger partial charge in [-0.25, -0.2) is 4.98 Å². The predicted molar refractivity (Wildman–Crippen MR) is 108 cm³/mol. The van der Waals surface area contributed by atoms with Crippen molar-refractivity contribution < 1.29 is 9.32 Å². The van der Waals surface area contributed by atoms with E-state index in [4.69, 9.17) is 4.52 Å². The fourth-order valence-electron chi connectivity index (χ4n) is 2.98. The maximum Gasteiger partial charge on any atom is 0.227 e. The number of hydrogen-bond donors (Lipinski definition) is 1. The molecule has 0 aliphatic heterocycles. The molecule has 1 atom stereocenters. The molecule has 0 saturated carbocycles. The monoisotopic (exact) mass is 439 g/mol. The maximum absolute atomic E-state index is 12.2. The number of aromatic nitrogens is 4. The lowest BCUT2D eigenvalue weighted by molar-refractivity contribution is -0.121. The molecule has 3 aromatic heterocycles. The van der Waals surface area contributed by atoms with E-state index in [0.717, 1.165) is 21.4 Å². The van der Waals surface area contributed by atoms with Gasteiger partial charge in [0, 0.05) is 19.0 Å². The first-order valence-electron chi connectivity index (χ1n) is 8.90.